The minimum absolute atomic E-state index is 0.0117. The molecule has 7 nitrogen and oxygen atoms in total. The number of carbonyl (C=O) groups excluding carboxylic acids is 1. The van der Waals surface area contributed by atoms with E-state index >= 15 is 0 Å². The minimum Gasteiger partial charge on any atom is -0.455 e. The van der Waals surface area contributed by atoms with Crippen molar-refractivity contribution in [2.24, 2.45) is 4.99 Å². The van der Waals surface area contributed by atoms with Gasteiger partial charge in [-0.05, 0) is 93.0 Å². The lowest BCUT2D eigenvalue weighted by Gasteiger charge is -2.12. The molecule has 4 aromatic rings. The first-order valence-electron chi connectivity index (χ1n) is 13.2. The van der Waals surface area contributed by atoms with Crippen LogP contribution in [0.15, 0.2) is 57.9 Å². The summed E-state index contributed by atoms with van der Waals surface area (Å²) < 4.78 is 6.00. The van der Waals surface area contributed by atoms with Crippen molar-refractivity contribution < 1.29 is 14.1 Å². The third kappa shape index (κ3) is 5.86. The summed E-state index contributed by atoms with van der Waals surface area (Å²) in [6.45, 7) is 5.97. The number of nitro groups is 1. The van der Waals surface area contributed by atoms with E-state index in [-0.39, 0.29) is 11.6 Å². The lowest BCUT2D eigenvalue weighted by molar-refractivity contribution is -0.384. The number of thiophene rings is 1. The van der Waals surface area contributed by atoms with Gasteiger partial charge < -0.3 is 9.73 Å². The summed E-state index contributed by atoms with van der Waals surface area (Å²) in [4.78, 5) is 30.4. The quantitative estimate of drug-likeness (QED) is 0.150. The van der Waals surface area contributed by atoms with Crippen LogP contribution in [0, 0.1) is 30.9 Å². The number of hydrogen-bond donors (Lipinski definition) is 1. The Hall–Kier alpha value is -4.04. The molecule has 0 aliphatic heterocycles. The molecule has 0 radical (unpaired) electrons. The van der Waals surface area contributed by atoms with Gasteiger partial charge in [-0.2, -0.15) is 0 Å². The number of hydrogen-bond acceptors (Lipinski definition) is 6. The summed E-state index contributed by atoms with van der Waals surface area (Å²) >= 11 is 1.58. The Morgan fingerprint density at radius 1 is 0.974 bits per heavy atom. The van der Waals surface area contributed by atoms with Crippen molar-refractivity contribution in [3.63, 3.8) is 0 Å². The van der Waals surface area contributed by atoms with Crippen LogP contribution in [0.25, 0.3) is 11.3 Å². The fraction of sp³-hybridized carbons (Fsp3) is 0.290. The van der Waals surface area contributed by atoms with Crippen molar-refractivity contribution in [2.45, 2.75) is 59.3 Å². The van der Waals surface area contributed by atoms with Crippen LogP contribution >= 0.6 is 11.3 Å². The summed E-state index contributed by atoms with van der Waals surface area (Å²) in [5.74, 6) is 0.900. The maximum absolute atomic E-state index is 13.6. The first-order valence-corrected chi connectivity index (χ1v) is 14.0. The second-order valence-electron chi connectivity index (χ2n) is 10.1. The molecule has 0 unspecified atom stereocenters. The van der Waals surface area contributed by atoms with Crippen LogP contribution < -0.4 is 5.32 Å². The Morgan fingerprint density at radius 3 is 2.51 bits per heavy atom. The summed E-state index contributed by atoms with van der Waals surface area (Å²) in [5.41, 5.74) is 6.38. The van der Waals surface area contributed by atoms with Gasteiger partial charge in [0.1, 0.15) is 16.5 Å². The van der Waals surface area contributed by atoms with Crippen LogP contribution in [-0.2, 0) is 12.8 Å². The lowest BCUT2D eigenvalue weighted by Crippen LogP contribution is -2.14. The summed E-state index contributed by atoms with van der Waals surface area (Å²) in [5, 5.41) is 15.0. The van der Waals surface area contributed by atoms with Crippen molar-refractivity contribution >= 4 is 39.8 Å². The maximum atomic E-state index is 13.6. The molecule has 0 fully saturated rings. The van der Waals surface area contributed by atoms with Crippen molar-refractivity contribution in [3.8, 4) is 11.3 Å². The number of non-ortho nitro benzene ring substituents is 1. The van der Waals surface area contributed by atoms with E-state index in [1.165, 1.54) is 35.4 Å². The van der Waals surface area contributed by atoms with E-state index < -0.39 is 4.92 Å². The van der Waals surface area contributed by atoms with Gasteiger partial charge in [-0.25, -0.2) is 4.99 Å². The number of carbonyl (C=O) groups is 1. The summed E-state index contributed by atoms with van der Waals surface area (Å²) in [7, 11) is 0. The molecule has 0 spiro atoms. The van der Waals surface area contributed by atoms with Crippen LogP contribution in [0.4, 0.5) is 16.4 Å². The van der Waals surface area contributed by atoms with E-state index in [4.69, 9.17) is 9.41 Å². The number of anilines is 1. The van der Waals surface area contributed by atoms with Crippen molar-refractivity contribution in [2.75, 3.05) is 5.32 Å². The molecule has 1 aliphatic rings. The second kappa shape index (κ2) is 11.4. The van der Waals surface area contributed by atoms with Crippen LogP contribution in [0.1, 0.15) is 68.9 Å². The van der Waals surface area contributed by atoms with Crippen molar-refractivity contribution in [1.29, 1.82) is 0 Å². The van der Waals surface area contributed by atoms with Gasteiger partial charge in [0.05, 0.1) is 16.7 Å². The van der Waals surface area contributed by atoms with Crippen LogP contribution in [0.3, 0.4) is 0 Å². The van der Waals surface area contributed by atoms with Gasteiger partial charge in [0.2, 0.25) is 0 Å². The average Bonchev–Trinajstić information content (AvgIpc) is 3.49. The third-order valence-electron chi connectivity index (χ3n) is 7.28. The molecule has 2 aromatic heterocycles. The summed E-state index contributed by atoms with van der Waals surface area (Å²) in [6.07, 6.45) is 7.98. The van der Waals surface area contributed by atoms with Gasteiger partial charge >= 0.3 is 0 Å². The smallest absolute Gasteiger partial charge is 0.270 e. The van der Waals surface area contributed by atoms with E-state index in [1.807, 2.05) is 32.0 Å². The van der Waals surface area contributed by atoms with Gasteiger partial charge in [0.25, 0.3) is 11.6 Å². The highest BCUT2D eigenvalue weighted by atomic mass is 32.1. The Kier molecular flexibility index (Phi) is 7.74. The van der Waals surface area contributed by atoms with E-state index in [0.29, 0.717) is 27.6 Å². The largest absolute Gasteiger partial charge is 0.455 e. The van der Waals surface area contributed by atoms with Crippen LogP contribution in [0.2, 0.25) is 0 Å². The number of rotatable bonds is 6. The molecule has 1 amide bonds. The maximum Gasteiger partial charge on any atom is 0.270 e. The highest BCUT2D eigenvalue weighted by Gasteiger charge is 2.24. The molecule has 0 saturated heterocycles. The SMILES string of the molecule is Cc1ccc(NC(=O)c2c(N=Cc3ccc(-c4cc([N+](=O)[O-])ccc4C)o3)sc3c2CCCCCC3)cc1C. The minimum atomic E-state index is -0.415. The summed E-state index contributed by atoms with van der Waals surface area (Å²) in [6, 6.07) is 14.2. The fourth-order valence-corrected chi connectivity index (χ4v) is 6.15. The molecule has 1 aliphatic carbocycles. The number of benzene rings is 2. The Morgan fingerprint density at radius 2 is 1.74 bits per heavy atom. The van der Waals surface area contributed by atoms with Crippen LogP contribution in [0.5, 0.6) is 0 Å². The van der Waals surface area contributed by atoms with Crippen molar-refractivity contribution in [1.82, 2.24) is 0 Å². The molecule has 0 bridgehead atoms. The zero-order valence-corrected chi connectivity index (χ0v) is 23.2. The number of nitrogens with zero attached hydrogens (tertiary/aromatic N) is 2. The van der Waals surface area contributed by atoms with Gasteiger partial charge in [0, 0.05) is 28.3 Å². The fourth-order valence-electron chi connectivity index (χ4n) is 4.92. The number of amides is 1. The highest BCUT2D eigenvalue weighted by molar-refractivity contribution is 7.16. The van der Waals surface area contributed by atoms with Crippen molar-refractivity contribution in [3.05, 3.63) is 97.1 Å². The number of aryl methyl sites for hydroxylation is 4. The average molecular weight is 542 g/mol. The van der Waals surface area contributed by atoms with E-state index in [2.05, 4.69) is 12.2 Å². The molecule has 8 heteroatoms. The van der Waals surface area contributed by atoms with Crippen LogP contribution in [-0.4, -0.2) is 17.0 Å². The third-order valence-corrected chi connectivity index (χ3v) is 8.48. The number of aliphatic imine (C=N–C) groups is 1. The van der Waals surface area contributed by atoms with E-state index in [9.17, 15) is 14.9 Å². The molecular formula is C31H31N3O4S. The topological polar surface area (TPSA) is 97.7 Å². The van der Waals surface area contributed by atoms with E-state index in [0.717, 1.165) is 48.1 Å². The molecule has 200 valence electrons. The number of nitrogens with one attached hydrogen (secondary N) is 1. The lowest BCUT2D eigenvalue weighted by atomic mass is 9.96. The normalized spacial score (nSPS) is 13.6. The zero-order valence-electron chi connectivity index (χ0n) is 22.4. The number of fused-ring (bicyclic) bond motifs is 1. The molecule has 0 saturated carbocycles. The molecule has 2 heterocycles. The predicted octanol–water partition coefficient (Wildman–Crippen LogP) is 8.50. The molecule has 0 atom stereocenters. The zero-order chi connectivity index (χ0) is 27.5. The van der Waals surface area contributed by atoms with E-state index in [1.54, 1.807) is 35.8 Å². The first kappa shape index (κ1) is 26.6. The molecule has 2 aromatic carbocycles. The number of furan rings is 1. The molecule has 1 N–H and O–H groups in total. The highest BCUT2D eigenvalue weighted by Crippen LogP contribution is 2.39. The standard InChI is InChI=1S/C31H31N3O4S/c1-19-10-12-22(16-21(19)3)33-30(35)29-25-8-6-4-5-7-9-28(25)39-31(29)32-18-24-14-15-27(38-24)26-17-23(34(36)37)13-11-20(26)2/h10-18H,4-9H2,1-3H3,(H,33,35). The van der Waals surface area contributed by atoms with Gasteiger partial charge in [-0.15, -0.1) is 11.3 Å². The molecule has 5 rings (SSSR count). The Labute approximate surface area is 231 Å². The predicted molar refractivity (Wildman–Crippen MR) is 157 cm³/mol. The first-order chi connectivity index (χ1) is 18.8. The second-order valence-corrected chi connectivity index (χ2v) is 11.2. The Balaban J connectivity index is 1.47. The van der Waals surface area contributed by atoms with Gasteiger partial charge in [-0.3, -0.25) is 14.9 Å². The monoisotopic (exact) mass is 541 g/mol. The number of nitro benzene ring substituents is 1. The van der Waals surface area contributed by atoms with Gasteiger partial charge in [0.15, 0.2) is 0 Å². The van der Waals surface area contributed by atoms with Gasteiger partial charge in [-0.1, -0.05) is 25.0 Å². The molecular weight excluding hydrogens is 510 g/mol. The molecule has 39 heavy (non-hydrogen) atoms. The Bertz CT molecular complexity index is 1580.